The molecule has 3 aromatic rings. The maximum atomic E-state index is 14.0. The van der Waals surface area contributed by atoms with E-state index in [1.165, 1.54) is 23.1 Å². The summed E-state index contributed by atoms with van der Waals surface area (Å²) in [7, 11) is 0. The number of aromatic nitrogens is 1. The van der Waals surface area contributed by atoms with Crippen LogP contribution in [0.1, 0.15) is 30.4 Å². The standard InChI is InChI=1S/C26H27FN2O2/c27-22-6-2-5-21(17-22)26(10-14-31-15-11-26)25(30)29-13-9-19(18-29)16-20-4-1-8-24-23(20)7-3-12-28-24/h1-8,12,17,19H,9-11,13-16,18H2/t19-/m1/s1. The van der Waals surface area contributed by atoms with E-state index in [0.717, 1.165) is 37.0 Å². The number of amides is 1. The topological polar surface area (TPSA) is 42.4 Å². The summed E-state index contributed by atoms with van der Waals surface area (Å²) in [6.45, 7) is 2.56. The van der Waals surface area contributed by atoms with E-state index in [1.54, 1.807) is 6.07 Å². The quantitative estimate of drug-likeness (QED) is 0.626. The fourth-order valence-electron chi connectivity index (χ4n) is 5.27. The third kappa shape index (κ3) is 3.83. The zero-order valence-electron chi connectivity index (χ0n) is 17.6. The highest BCUT2D eigenvalue weighted by Crippen LogP contribution is 2.38. The summed E-state index contributed by atoms with van der Waals surface area (Å²) < 4.78 is 19.6. The minimum absolute atomic E-state index is 0.128. The summed E-state index contributed by atoms with van der Waals surface area (Å²) in [5.41, 5.74) is 2.40. The van der Waals surface area contributed by atoms with Crippen molar-refractivity contribution in [2.45, 2.75) is 31.1 Å². The van der Waals surface area contributed by atoms with Gasteiger partial charge in [0, 0.05) is 37.9 Å². The average molecular weight is 419 g/mol. The van der Waals surface area contributed by atoms with Gasteiger partial charge in [0.2, 0.25) is 5.91 Å². The van der Waals surface area contributed by atoms with Gasteiger partial charge in [-0.15, -0.1) is 0 Å². The van der Waals surface area contributed by atoms with Gasteiger partial charge >= 0.3 is 0 Å². The molecule has 5 rings (SSSR count). The first-order valence-electron chi connectivity index (χ1n) is 11.1. The molecule has 2 aromatic carbocycles. The molecule has 1 aromatic heterocycles. The molecule has 0 saturated carbocycles. The van der Waals surface area contributed by atoms with Gasteiger partial charge in [0.15, 0.2) is 0 Å². The van der Waals surface area contributed by atoms with Crippen molar-refractivity contribution in [2.75, 3.05) is 26.3 Å². The van der Waals surface area contributed by atoms with Gasteiger partial charge in [0.1, 0.15) is 5.82 Å². The van der Waals surface area contributed by atoms with Crippen LogP contribution in [0.2, 0.25) is 0 Å². The lowest BCUT2D eigenvalue weighted by atomic mass is 9.73. The molecule has 4 nitrogen and oxygen atoms in total. The monoisotopic (exact) mass is 418 g/mol. The van der Waals surface area contributed by atoms with Crippen LogP contribution in [-0.2, 0) is 21.4 Å². The molecule has 0 unspecified atom stereocenters. The van der Waals surface area contributed by atoms with Crippen molar-refractivity contribution in [1.82, 2.24) is 9.88 Å². The lowest BCUT2D eigenvalue weighted by Crippen LogP contribution is -2.49. The van der Waals surface area contributed by atoms with Crippen molar-refractivity contribution in [3.8, 4) is 0 Å². The molecule has 2 aliphatic heterocycles. The number of carbonyl (C=O) groups is 1. The number of pyridine rings is 1. The third-order valence-electron chi connectivity index (χ3n) is 6.95. The number of rotatable bonds is 4. The highest BCUT2D eigenvalue weighted by atomic mass is 19.1. The molecule has 5 heteroatoms. The van der Waals surface area contributed by atoms with Gasteiger partial charge in [0.25, 0.3) is 0 Å². The van der Waals surface area contributed by atoms with E-state index in [-0.39, 0.29) is 11.7 Å². The third-order valence-corrected chi connectivity index (χ3v) is 6.95. The van der Waals surface area contributed by atoms with Crippen molar-refractivity contribution in [3.63, 3.8) is 0 Å². The van der Waals surface area contributed by atoms with E-state index in [9.17, 15) is 9.18 Å². The highest BCUT2D eigenvalue weighted by molar-refractivity contribution is 5.89. The summed E-state index contributed by atoms with van der Waals surface area (Å²) in [5, 5.41) is 1.19. The van der Waals surface area contributed by atoms with Gasteiger partial charge in [-0.25, -0.2) is 4.39 Å². The Hall–Kier alpha value is -2.79. The average Bonchev–Trinajstić information content (AvgIpc) is 3.28. The maximum absolute atomic E-state index is 14.0. The van der Waals surface area contributed by atoms with Gasteiger partial charge < -0.3 is 9.64 Å². The second-order valence-electron chi connectivity index (χ2n) is 8.80. The fraction of sp³-hybridized carbons (Fsp3) is 0.385. The molecule has 31 heavy (non-hydrogen) atoms. The van der Waals surface area contributed by atoms with E-state index in [1.807, 2.05) is 29.3 Å². The largest absolute Gasteiger partial charge is 0.381 e. The Morgan fingerprint density at radius 2 is 1.97 bits per heavy atom. The van der Waals surface area contributed by atoms with Crippen molar-refractivity contribution in [1.29, 1.82) is 0 Å². The zero-order valence-corrected chi connectivity index (χ0v) is 17.6. The molecule has 3 heterocycles. The first kappa shape index (κ1) is 20.1. The maximum Gasteiger partial charge on any atom is 0.233 e. The van der Waals surface area contributed by atoms with E-state index in [0.29, 0.717) is 32.0 Å². The van der Waals surface area contributed by atoms with Crippen molar-refractivity contribution >= 4 is 16.8 Å². The Morgan fingerprint density at radius 1 is 1.13 bits per heavy atom. The second kappa shape index (κ2) is 8.39. The van der Waals surface area contributed by atoms with Crippen LogP contribution in [-0.4, -0.2) is 42.1 Å². The van der Waals surface area contributed by atoms with Crippen LogP contribution in [0.25, 0.3) is 10.9 Å². The van der Waals surface area contributed by atoms with Crippen LogP contribution >= 0.6 is 0 Å². The van der Waals surface area contributed by atoms with E-state index in [4.69, 9.17) is 4.74 Å². The predicted octanol–water partition coefficient (Wildman–Crippen LogP) is 4.51. The summed E-state index contributed by atoms with van der Waals surface area (Å²) in [5.74, 6) is 0.252. The van der Waals surface area contributed by atoms with Crippen molar-refractivity contribution in [3.05, 3.63) is 77.7 Å². The number of nitrogens with zero attached hydrogens (tertiary/aromatic N) is 2. The van der Waals surface area contributed by atoms with Gasteiger partial charge in [-0.1, -0.05) is 30.3 Å². The van der Waals surface area contributed by atoms with E-state index < -0.39 is 5.41 Å². The van der Waals surface area contributed by atoms with Gasteiger partial charge in [0.05, 0.1) is 10.9 Å². The zero-order chi connectivity index (χ0) is 21.3. The number of benzene rings is 2. The first-order chi connectivity index (χ1) is 15.2. The van der Waals surface area contributed by atoms with E-state index in [2.05, 4.69) is 23.2 Å². The SMILES string of the molecule is O=C(N1CC[C@H](Cc2cccc3ncccc23)C1)C1(c2cccc(F)c2)CCOCC1. The molecule has 0 spiro atoms. The smallest absolute Gasteiger partial charge is 0.233 e. The summed E-state index contributed by atoms with van der Waals surface area (Å²) in [6.07, 6.45) is 4.94. The molecule has 0 aliphatic carbocycles. The Bertz CT molecular complexity index is 1090. The summed E-state index contributed by atoms with van der Waals surface area (Å²) >= 11 is 0. The minimum atomic E-state index is -0.682. The lowest BCUT2D eigenvalue weighted by molar-refractivity contribution is -0.140. The van der Waals surface area contributed by atoms with Crippen molar-refractivity contribution < 1.29 is 13.9 Å². The second-order valence-corrected chi connectivity index (χ2v) is 8.80. The Labute approximate surface area is 182 Å². The van der Waals surface area contributed by atoms with E-state index >= 15 is 0 Å². The van der Waals surface area contributed by atoms with Gasteiger partial charge in [-0.3, -0.25) is 9.78 Å². The summed E-state index contributed by atoms with van der Waals surface area (Å²) in [4.78, 5) is 20.3. The molecule has 2 aliphatic rings. The number of hydrogen-bond acceptors (Lipinski definition) is 3. The summed E-state index contributed by atoms with van der Waals surface area (Å²) in [6, 6.07) is 16.9. The Morgan fingerprint density at radius 3 is 2.81 bits per heavy atom. The van der Waals surface area contributed by atoms with Crippen LogP contribution in [0.3, 0.4) is 0 Å². The van der Waals surface area contributed by atoms with Crippen LogP contribution in [0.4, 0.5) is 4.39 Å². The Kier molecular flexibility index (Phi) is 5.45. The van der Waals surface area contributed by atoms with Crippen LogP contribution in [0.5, 0.6) is 0 Å². The molecular weight excluding hydrogens is 391 g/mol. The molecular formula is C26H27FN2O2. The molecule has 0 bridgehead atoms. The number of hydrogen-bond donors (Lipinski definition) is 0. The number of fused-ring (bicyclic) bond motifs is 1. The molecule has 2 fully saturated rings. The lowest BCUT2D eigenvalue weighted by Gasteiger charge is -2.39. The van der Waals surface area contributed by atoms with Gasteiger partial charge in [-0.05, 0) is 67.0 Å². The molecule has 2 saturated heterocycles. The van der Waals surface area contributed by atoms with Crippen LogP contribution < -0.4 is 0 Å². The van der Waals surface area contributed by atoms with Crippen LogP contribution in [0.15, 0.2) is 60.8 Å². The fourth-order valence-corrected chi connectivity index (χ4v) is 5.27. The normalized spacial score (nSPS) is 20.8. The van der Waals surface area contributed by atoms with Crippen LogP contribution in [0, 0.1) is 11.7 Å². The number of halogens is 1. The molecule has 1 atom stereocenters. The number of ether oxygens (including phenoxy) is 1. The Balaban J connectivity index is 1.36. The highest BCUT2D eigenvalue weighted by Gasteiger charge is 2.45. The minimum Gasteiger partial charge on any atom is -0.381 e. The first-order valence-corrected chi connectivity index (χ1v) is 11.1. The molecule has 0 N–H and O–H groups in total. The van der Waals surface area contributed by atoms with Gasteiger partial charge in [-0.2, -0.15) is 0 Å². The number of carbonyl (C=O) groups excluding carboxylic acids is 1. The molecule has 1 amide bonds. The van der Waals surface area contributed by atoms with Crippen molar-refractivity contribution in [2.24, 2.45) is 5.92 Å². The molecule has 0 radical (unpaired) electrons. The number of likely N-dealkylation sites (tertiary alicyclic amines) is 1. The molecule has 160 valence electrons. The predicted molar refractivity (Wildman–Crippen MR) is 118 cm³/mol.